The number of rotatable bonds is 10. The van der Waals surface area contributed by atoms with Gasteiger partial charge in [-0.3, -0.25) is 0 Å². The largest absolute Gasteiger partial charge is 0.0654 e. The Morgan fingerprint density at radius 2 is 1.42 bits per heavy atom. The topological polar surface area (TPSA) is 0 Å². The summed E-state index contributed by atoms with van der Waals surface area (Å²) in [5.74, 6) is 0.596. The van der Waals surface area contributed by atoms with Gasteiger partial charge in [0.25, 0.3) is 0 Å². The molecule has 0 radical (unpaired) electrons. The molecule has 0 spiro atoms. The molecule has 2 aliphatic rings. The Labute approximate surface area is 150 Å². The third kappa shape index (κ3) is 5.10. The molecule has 0 amide bonds. The molecule has 2 rings (SSSR count). The monoisotopic (exact) mass is 324 g/mol. The van der Waals surface area contributed by atoms with Gasteiger partial charge in [0.1, 0.15) is 0 Å². The van der Waals surface area contributed by atoms with Gasteiger partial charge in [-0.1, -0.05) is 90.1 Å². The van der Waals surface area contributed by atoms with Crippen LogP contribution in [-0.2, 0) is 12.8 Å². The van der Waals surface area contributed by atoms with Crippen LogP contribution in [0.3, 0.4) is 0 Å². The first kappa shape index (κ1) is 19.0. The van der Waals surface area contributed by atoms with Gasteiger partial charge in [0.05, 0.1) is 0 Å². The van der Waals surface area contributed by atoms with Crippen LogP contribution >= 0.6 is 0 Å². The zero-order valence-electron chi connectivity index (χ0n) is 16.3. The smallest absolute Gasteiger partial charge is 0.0149 e. The van der Waals surface area contributed by atoms with Crippen LogP contribution in [-0.4, -0.2) is 0 Å². The Balaban J connectivity index is 2.27. The first-order valence-corrected chi connectivity index (χ1v) is 10.2. The summed E-state index contributed by atoms with van der Waals surface area (Å²) >= 11 is 0. The van der Waals surface area contributed by atoms with Crippen molar-refractivity contribution in [3.8, 4) is 11.1 Å². The maximum atomic E-state index is 2.48. The van der Waals surface area contributed by atoms with E-state index < -0.39 is 0 Å². The lowest BCUT2D eigenvalue weighted by atomic mass is 9.98. The molecule has 24 heavy (non-hydrogen) atoms. The minimum absolute atomic E-state index is 0.596. The molecule has 0 heterocycles. The highest BCUT2D eigenvalue weighted by Crippen LogP contribution is 2.34. The molecule has 0 heteroatoms. The summed E-state index contributed by atoms with van der Waals surface area (Å²) in [7, 11) is 0. The summed E-state index contributed by atoms with van der Waals surface area (Å²) in [5, 5.41) is 0. The van der Waals surface area contributed by atoms with E-state index in [1.54, 1.807) is 11.1 Å². The molecule has 0 saturated heterocycles. The van der Waals surface area contributed by atoms with E-state index in [1.807, 2.05) is 0 Å². The van der Waals surface area contributed by atoms with E-state index >= 15 is 0 Å². The molecule has 0 N–H and O–H groups in total. The molecule has 0 saturated carbocycles. The summed E-state index contributed by atoms with van der Waals surface area (Å²) in [6, 6.07) is 11.9. The van der Waals surface area contributed by atoms with Gasteiger partial charge in [0.2, 0.25) is 0 Å². The number of fused-ring (bicyclic) bond motifs is 1. The molecular formula is C24H36. The van der Waals surface area contributed by atoms with Crippen LogP contribution in [0.15, 0.2) is 30.3 Å². The van der Waals surface area contributed by atoms with E-state index in [4.69, 9.17) is 0 Å². The summed E-state index contributed by atoms with van der Waals surface area (Å²) in [6.45, 7) is 9.14. The van der Waals surface area contributed by atoms with Crippen LogP contribution < -0.4 is 0 Å². The minimum atomic E-state index is 0.596. The van der Waals surface area contributed by atoms with Gasteiger partial charge < -0.3 is 0 Å². The van der Waals surface area contributed by atoms with Gasteiger partial charge in [-0.05, 0) is 59.4 Å². The number of hydrogen-bond acceptors (Lipinski definition) is 0. The van der Waals surface area contributed by atoms with Gasteiger partial charge in [0, 0.05) is 0 Å². The highest BCUT2D eigenvalue weighted by molar-refractivity contribution is 5.73. The fourth-order valence-electron chi connectivity index (χ4n) is 3.65. The summed E-state index contributed by atoms with van der Waals surface area (Å²) in [4.78, 5) is 0. The van der Waals surface area contributed by atoms with Crippen molar-refractivity contribution >= 4 is 0 Å². The lowest BCUT2D eigenvalue weighted by molar-refractivity contribution is 0.661. The zero-order chi connectivity index (χ0) is 17.4. The first-order chi connectivity index (χ1) is 11.7. The summed E-state index contributed by atoms with van der Waals surface area (Å²) in [6.07, 6.45) is 11.9. The maximum absolute atomic E-state index is 2.48. The normalized spacial score (nSPS) is 11.5. The SMILES string of the molecule is CCCCCCc1cc2ccc(C(C)C)ccc-2c1CCCCC. The lowest BCUT2D eigenvalue weighted by Gasteiger charge is -2.07. The second-order valence-electron chi connectivity index (χ2n) is 7.61. The van der Waals surface area contributed by atoms with Crippen LogP contribution in [0.1, 0.15) is 95.2 Å². The van der Waals surface area contributed by atoms with Crippen LogP contribution in [0.4, 0.5) is 0 Å². The zero-order valence-corrected chi connectivity index (χ0v) is 16.3. The predicted octanol–water partition coefficient (Wildman–Crippen LogP) is 7.77. The van der Waals surface area contributed by atoms with Crippen molar-refractivity contribution < 1.29 is 0 Å². The molecule has 0 aromatic heterocycles. The van der Waals surface area contributed by atoms with Crippen LogP contribution in [0.25, 0.3) is 11.1 Å². The summed E-state index contributed by atoms with van der Waals surface area (Å²) in [5.41, 5.74) is 7.65. The lowest BCUT2D eigenvalue weighted by Crippen LogP contribution is -1.92. The number of unbranched alkanes of at least 4 members (excludes halogenated alkanes) is 5. The second kappa shape index (κ2) is 9.87. The van der Waals surface area contributed by atoms with E-state index in [0.717, 1.165) is 0 Å². The molecule has 0 atom stereocenters. The van der Waals surface area contributed by atoms with E-state index in [9.17, 15) is 0 Å². The van der Waals surface area contributed by atoms with Crippen molar-refractivity contribution in [2.75, 3.05) is 0 Å². The third-order valence-electron chi connectivity index (χ3n) is 5.25. The van der Waals surface area contributed by atoms with Crippen molar-refractivity contribution in [3.63, 3.8) is 0 Å². The van der Waals surface area contributed by atoms with E-state index in [1.165, 1.54) is 74.5 Å². The molecule has 0 aliphatic heterocycles. The Bertz CT molecular complexity index is 579. The minimum Gasteiger partial charge on any atom is -0.0654 e. The quantitative estimate of drug-likeness (QED) is 0.391. The van der Waals surface area contributed by atoms with Crippen molar-refractivity contribution in [3.05, 3.63) is 47.0 Å². The molecule has 0 fully saturated rings. The van der Waals surface area contributed by atoms with Crippen LogP contribution in [0.2, 0.25) is 0 Å². The van der Waals surface area contributed by atoms with Crippen LogP contribution in [0.5, 0.6) is 0 Å². The highest BCUT2D eigenvalue weighted by Gasteiger charge is 2.15. The number of hydrogen-bond donors (Lipinski definition) is 0. The van der Waals surface area contributed by atoms with Gasteiger partial charge in [-0.25, -0.2) is 0 Å². The van der Waals surface area contributed by atoms with Gasteiger partial charge >= 0.3 is 0 Å². The Hall–Kier alpha value is -1.30. The molecular weight excluding hydrogens is 288 g/mol. The average Bonchev–Trinajstić information content (AvgIpc) is 2.75. The molecule has 0 nitrogen and oxygen atoms in total. The average molecular weight is 325 g/mol. The van der Waals surface area contributed by atoms with Gasteiger partial charge in [-0.15, -0.1) is 0 Å². The molecule has 132 valence electrons. The summed E-state index contributed by atoms with van der Waals surface area (Å²) < 4.78 is 0. The molecule has 2 aliphatic carbocycles. The van der Waals surface area contributed by atoms with Crippen molar-refractivity contribution in [1.29, 1.82) is 0 Å². The van der Waals surface area contributed by atoms with Crippen molar-refractivity contribution in [1.82, 2.24) is 0 Å². The standard InChI is InChI=1S/C24H36/c1-5-7-9-11-12-21-18-22-15-14-20(19(3)4)16-17-24(22)23(21)13-10-8-6-2/h14-19H,5-13H2,1-4H3. The Kier molecular flexibility index (Phi) is 7.82. The molecule has 0 aromatic rings. The molecule has 0 bridgehead atoms. The first-order valence-electron chi connectivity index (χ1n) is 10.2. The third-order valence-corrected chi connectivity index (χ3v) is 5.25. The Morgan fingerprint density at radius 1 is 0.750 bits per heavy atom. The highest BCUT2D eigenvalue weighted by atomic mass is 14.2. The molecule has 0 aromatic carbocycles. The van der Waals surface area contributed by atoms with E-state index in [-0.39, 0.29) is 0 Å². The fourth-order valence-corrected chi connectivity index (χ4v) is 3.65. The van der Waals surface area contributed by atoms with E-state index in [2.05, 4.69) is 58.0 Å². The number of aryl methyl sites for hydroxylation is 1. The Morgan fingerprint density at radius 3 is 2.12 bits per heavy atom. The fraction of sp³-hybridized carbons (Fsp3) is 0.583. The van der Waals surface area contributed by atoms with Gasteiger partial charge in [0.15, 0.2) is 0 Å². The maximum Gasteiger partial charge on any atom is -0.0149 e. The second-order valence-corrected chi connectivity index (χ2v) is 7.61. The van der Waals surface area contributed by atoms with Crippen LogP contribution in [0, 0.1) is 0 Å². The van der Waals surface area contributed by atoms with Crippen molar-refractivity contribution in [2.45, 2.75) is 91.4 Å². The van der Waals surface area contributed by atoms with Crippen molar-refractivity contribution in [2.24, 2.45) is 0 Å². The molecule has 0 unspecified atom stereocenters. The predicted molar refractivity (Wildman–Crippen MR) is 108 cm³/mol. The van der Waals surface area contributed by atoms with Gasteiger partial charge in [-0.2, -0.15) is 0 Å². The van der Waals surface area contributed by atoms with E-state index in [0.29, 0.717) is 5.92 Å².